The molecule has 0 amide bonds. The molecule has 0 saturated heterocycles. The van der Waals surface area contributed by atoms with Crippen molar-refractivity contribution in [3.63, 3.8) is 0 Å². The van der Waals surface area contributed by atoms with Gasteiger partial charge in [0.1, 0.15) is 12.4 Å². The Balaban J connectivity index is 1.99. The first-order chi connectivity index (χ1) is 9.74. The van der Waals surface area contributed by atoms with Crippen LogP contribution in [0.2, 0.25) is 0 Å². The van der Waals surface area contributed by atoms with Gasteiger partial charge in [-0.15, -0.1) is 5.10 Å². The molecular weight excluding hydrogens is 254 g/mol. The van der Waals surface area contributed by atoms with Gasteiger partial charge < -0.3 is 16.2 Å². The average molecular weight is 269 g/mol. The van der Waals surface area contributed by atoms with Crippen molar-refractivity contribution in [3.05, 3.63) is 59.9 Å². The minimum Gasteiger partial charge on any atom is -0.487 e. The molecule has 0 aliphatic rings. The monoisotopic (exact) mass is 269 g/mol. The Morgan fingerprint density at radius 1 is 1.20 bits per heavy atom. The van der Waals surface area contributed by atoms with E-state index in [-0.39, 0.29) is 5.96 Å². The highest BCUT2D eigenvalue weighted by molar-refractivity contribution is 5.81. The smallest absolute Gasteiger partial charge is 0.211 e. The molecule has 0 aliphatic heterocycles. The van der Waals surface area contributed by atoms with Gasteiger partial charge in [-0.2, -0.15) is 5.10 Å². The molecule has 0 bridgehead atoms. The van der Waals surface area contributed by atoms with Crippen LogP contribution in [0.4, 0.5) is 0 Å². The Labute approximate surface area is 116 Å². The van der Waals surface area contributed by atoms with Crippen molar-refractivity contribution in [2.24, 2.45) is 21.7 Å². The number of aromatic nitrogens is 1. The molecule has 1 heterocycles. The van der Waals surface area contributed by atoms with E-state index >= 15 is 0 Å². The first-order valence-corrected chi connectivity index (χ1v) is 5.99. The van der Waals surface area contributed by atoms with Crippen molar-refractivity contribution in [2.45, 2.75) is 6.61 Å². The molecule has 0 atom stereocenters. The molecule has 0 aliphatic carbocycles. The Kier molecular flexibility index (Phi) is 4.66. The maximum Gasteiger partial charge on any atom is 0.211 e. The van der Waals surface area contributed by atoms with Crippen molar-refractivity contribution >= 4 is 12.2 Å². The van der Waals surface area contributed by atoms with E-state index in [4.69, 9.17) is 16.2 Å². The fourth-order valence-corrected chi connectivity index (χ4v) is 1.49. The van der Waals surface area contributed by atoms with E-state index in [9.17, 15) is 0 Å². The number of benzene rings is 1. The number of nitrogens with two attached hydrogens (primary N) is 2. The van der Waals surface area contributed by atoms with Crippen LogP contribution < -0.4 is 16.2 Å². The highest BCUT2D eigenvalue weighted by atomic mass is 16.5. The van der Waals surface area contributed by atoms with Crippen LogP contribution in [0.25, 0.3) is 0 Å². The van der Waals surface area contributed by atoms with Crippen LogP contribution in [0.3, 0.4) is 0 Å². The lowest BCUT2D eigenvalue weighted by Gasteiger charge is -2.05. The number of hydrogen-bond acceptors (Lipinski definition) is 4. The van der Waals surface area contributed by atoms with E-state index in [1.54, 1.807) is 12.4 Å². The molecule has 0 saturated carbocycles. The van der Waals surface area contributed by atoms with Gasteiger partial charge in [-0.05, 0) is 29.8 Å². The predicted octanol–water partition coefficient (Wildman–Crippen LogP) is 1.27. The van der Waals surface area contributed by atoms with Gasteiger partial charge in [-0.25, -0.2) is 0 Å². The van der Waals surface area contributed by atoms with Gasteiger partial charge in [0.25, 0.3) is 0 Å². The van der Waals surface area contributed by atoms with Gasteiger partial charge in [0.15, 0.2) is 0 Å². The summed E-state index contributed by atoms with van der Waals surface area (Å²) < 4.78 is 5.65. The summed E-state index contributed by atoms with van der Waals surface area (Å²) in [7, 11) is 0. The van der Waals surface area contributed by atoms with Crippen molar-refractivity contribution < 1.29 is 4.74 Å². The van der Waals surface area contributed by atoms with E-state index < -0.39 is 0 Å². The van der Waals surface area contributed by atoms with Crippen molar-refractivity contribution in [2.75, 3.05) is 0 Å². The molecule has 102 valence electrons. The van der Waals surface area contributed by atoms with Crippen LogP contribution in [-0.4, -0.2) is 17.2 Å². The van der Waals surface area contributed by atoms with Crippen LogP contribution in [0, 0.1) is 0 Å². The van der Waals surface area contributed by atoms with E-state index in [0.717, 1.165) is 17.0 Å². The Bertz CT molecular complexity index is 606. The number of ether oxygens (including phenoxy) is 1. The van der Waals surface area contributed by atoms with E-state index in [0.29, 0.717) is 6.61 Å². The third-order valence-electron chi connectivity index (χ3n) is 2.35. The first-order valence-electron chi connectivity index (χ1n) is 5.99. The van der Waals surface area contributed by atoms with Crippen LogP contribution >= 0.6 is 0 Å². The lowest BCUT2D eigenvalue weighted by atomic mass is 10.2. The molecular formula is C14H15N5O. The molecule has 0 radical (unpaired) electrons. The number of guanidine groups is 1. The standard InChI is InChI=1S/C14H15N5O/c15-14(16)19-18-9-11-4-3-6-13(8-11)20-10-12-5-1-2-7-17-12/h1-9H,10H2,(H4,15,16,19). The molecule has 2 rings (SSSR count). The minimum atomic E-state index is -0.0798. The molecule has 1 aromatic carbocycles. The average Bonchev–Trinajstić information content (AvgIpc) is 2.46. The normalized spacial score (nSPS) is 10.4. The number of pyridine rings is 1. The van der Waals surface area contributed by atoms with E-state index in [2.05, 4.69) is 15.2 Å². The Morgan fingerprint density at radius 2 is 2.10 bits per heavy atom. The maximum atomic E-state index is 5.65. The van der Waals surface area contributed by atoms with Gasteiger partial charge >= 0.3 is 0 Å². The van der Waals surface area contributed by atoms with Gasteiger partial charge in [-0.3, -0.25) is 4.98 Å². The Hall–Kier alpha value is -2.89. The van der Waals surface area contributed by atoms with Crippen molar-refractivity contribution in [3.8, 4) is 5.75 Å². The van der Waals surface area contributed by atoms with Gasteiger partial charge in [-0.1, -0.05) is 18.2 Å². The summed E-state index contributed by atoms with van der Waals surface area (Å²) >= 11 is 0. The fourth-order valence-electron chi connectivity index (χ4n) is 1.49. The molecule has 4 N–H and O–H groups in total. The largest absolute Gasteiger partial charge is 0.487 e. The highest BCUT2D eigenvalue weighted by Crippen LogP contribution is 2.13. The zero-order valence-corrected chi connectivity index (χ0v) is 10.8. The summed E-state index contributed by atoms with van der Waals surface area (Å²) in [5.74, 6) is 0.646. The molecule has 0 unspecified atom stereocenters. The van der Waals surface area contributed by atoms with Gasteiger partial charge in [0, 0.05) is 6.20 Å². The SMILES string of the molecule is NC(N)=NN=Cc1cccc(OCc2ccccn2)c1. The summed E-state index contributed by atoms with van der Waals surface area (Å²) in [6.45, 7) is 0.412. The van der Waals surface area contributed by atoms with Crippen LogP contribution in [0.1, 0.15) is 11.3 Å². The number of rotatable bonds is 5. The molecule has 0 spiro atoms. The summed E-state index contributed by atoms with van der Waals surface area (Å²) in [6.07, 6.45) is 3.28. The third-order valence-corrected chi connectivity index (χ3v) is 2.35. The quantitative estimate of drug-likeness (QED) is 0.485. The second-order valence-electron chi connectivity index (χ2n) is 3.95. The lowest BCUT2D eigenvalue weighted by molar-refractivity contribution is 0.301. The second kappa shape index (κ2) is 6.89. The van der Waals surface area contributed by atoms with Crippen molar-refractivity contribution in [1.82, 2.24) is 4.98 Å². The molecule has 0 fully saturated rings. The van der Waals surface area contributed by atoms with Crippen molar-refractivity contribution in [1.29, 1.82) is 0 Å². The Morgan fingerprint density at radius 3 is 2.85 bits per heavy atom. The molecule has 6 heteroatoms. The summed E-state index contributed by atoms with van der Waals surface area (Å²) in [5.41, 5.74) is 12.1. The molecule has 1 aromatic heterocycles. The zero-order chi connectivity index (χ0) is 14.2. The second-order valence-corrected chi connectivity index (χ2v) is 3.95. The summed E-state index contributed by atoms with van der Waals surface area (Å²) in [5, 5.41) is 7.28. The van der Waals surface area contributed by atoms with Gasteiger partial charge in [0.2, 0.25) is 5.96 Å². The summed E-state index contributed by atoms with van der Waals surface area (Å²) in [4.78, 5) is 4.19. The molecule has 20 heavy (non-hydrogen) atoms. The lowest BCUT2D eigenvalue weighted by Crippen LogP contribution is -2.21. The maximum absolute atomic E-state index is 5.65. The van der Waals surface area contributed by atoms with Crippen LogP contribution in [0.15, 0.2) is 58.9 Å². The van der Waals surface area contributed by atoms with Gasteiger partial charge in [0.05, 0.1) is 11.9 Å². The molecule has 6 nitrogen and oxygen atoms in total. The third kappa shape index (κ3) is 4.41. The number of nitrogens with zero attached hydrogens (tertiary/aromatic N) is 3. The fraction of sp³-hybridized carbons (Fsp3) is 0.0714. The molecule has 2 aromatic rings. The van der Waals surface area contributed by atoms with Crippen LogP contribution in [-0.2, 0) is 6.61 Å². The summed E-state index contributed by atoms with van der Waals surface area (Å²) in [6, 6.07) is 13.1. The predicted molar refractivity (Wildman–Crippen MR) is 78.4 cm³/mol. The minimum absolute atomic E-state index is 0.0798. The topological polar surface area (TPSA) is 98.9 Å². The zero-order valence-electron chi connectivity index (χ0n) is 10.8. The van der Waals surface area contributed by atoms with E-state index in [1.807, 2.05) is 42.5 Å². The van der Waals surface area contributed by atoms with E-state index in [1.165, 1.54) is 0 Å². The van der Waals surface area contributed by atoms with Crippen LogP contribution in [0.5, 0.6) is 5.75 Å². The highest BCUT2D eigenvalue weighted by Gasteiger charge is 1.97. The first kappa shape index (κ1) is 13.5. The number of hydrogen-bond donors (Lipinski definition) is 2.